The summed E-state index contributed by atoms with van der Waals surface area (Å²) in [5.41, 5.74) is 1.30. The minimum Gasteiger partial charge on any atom is -0.356 e. The lowest BCUT2D eigenvalue weighted by Gasteiger charge is -2.25. The van der Waals surface area contributed by atoms with Crippen molar-refractivity contribution in [1.29, 1.82) is 0 Å². The number of pyridine rings is 1. The fraction of sp³-hybridized carbons (Fsp3) is 0.529. The summed E-state index contributed by atoms with van der Waals surface area (Å²) in [4.78, 5) is 30.2. The average Bonchev–Trinajstić information content (AvgIpc) is 3.06. The predicted octanol–water partition coefficient (Wildman–Crippen LogP) is 2.41. The van der Waals surface area contributed by atoms with E-state index in [-0.39, 0.29) is 11.9 Å². The van der Waals surface area contributed by atoms with Crippen LogP contribution in [0.1, 0.15) is 42.9 Å². The number of amides is 1. The molecule has 0 aliphatic carbocycles. The van der Waals surface area contributed by atoms with E-state index in [1.165, 1.54) is 0 Å². The van der Waals surface area contributed by atoms with Crippen molar-refractivity contribution < 1.29 is 4.79 Å². The second kappa shape index (κ2) is 6.10. The molecule has 0 saturated carbocycles. The number of carbonyl (C=O) groups excluding carboxylic acids is 1. The van der Waals surface area contributed by atoms with Crippen LogP contribution in [-0.4, -0.2) is 51.9 Å². The highest BCUT2D eigenvalue weighted by Crippen LogP contribution is 2.27. The van der Waals surface area contributed by atoms with Crippen LogP contribution < -0.4 is 4.90 Å². The Balaban J connectivity index is 2.14. The molecule has 6 nitrogen and oxygen atoms in total. The summed E-state index contributed by atoms with van der Waals surface area (Å²) < 4.78 is 0. The number of fused-ring (bicyclic) bond motifs is 1. The van der Waals surface area contributed by atoms with Gasteiger partial charge < -0.3 is 9.80 Å². The molecule has 1 saturated heterocycles. The molecule has 1 fully saturated rings. The van der Waals surface area contributed by atoms with Crippen molar-refractivity contribution in [2.45, 2.75) is 39.7 Å². The van der Waals surface area contributed by atoms with Crippen LogP contribution in [0.5, 0.6) is 0 Å². The largest absolute Gasteiger partial charge is 0.356 e. The standard InChI is InChI=1S/C17H23N5O/c1-11(2)21(4)17(23)14-9-13-10-18-12(3)19-15(13)20-16(14)22-7-5-6-8-22/h9-11H,5-8H2,1-4H3. The van der Waals surface area contributed by atoms with E-state index in [0.29, 0.717) is 17.0 Å². The summed E-state index contributed by atoms with van der Waals surface area (Å²) in [6.45, 7) is 7.74. The summed E-state index contributed by atoms with van der Waals surface area (Å²) in [5.74, 6) is 1.44. The Bertz CT molecular complexity index is 737. The van der Waals surface area contributed by atoms with Crippen molar-refractivity contribution in [3.63, 3.8) is 0 Å². The summed E-state index contributed by atoms with van der Waals surface area (Å²) in [7, 11) is 1.83. The maximum absolute atomic E-state index is 12.9. The second-order valence-corrected chi connectivity index (χ2v) is 6.39. The summed E-state index contributed by atoms with van der Waals surface area (Å²) in [6.07, 6.45) is 4.01. The van der Waals surface area contributed by atoms with E-state index in [1.807, 2.05) is 33.9 Å². The molecular formula is C17H23N5O. The molecule has 0 atom stereocenters. The SMILES string of the molecule is Cc1ncc2cc(C(=O)N(C)C(C)C)c(N3CCCC3)nc2n1. The Hall–Kier alpha value is -2.24. The van der Waals surface area contributed by atoms with E-state index in [2.05, 4.69) is 14.9 Å². The Morgan fingerprint density at radius 1 is 1.26 bits per heavy atom. The van der Waals surface area contributed by atoms with E-state index in [1.54, 1.807) is 11.1 Å². The molecule has 2 aromatic rings. The number of carbonyl (C=O) groups is 1. The lowest BCUT2D eigenvalue weighted by atomic mass is 10.1. The molecule has 0 spiro atoms. The number of aromatic nitrogens is 3. The van der Waals surface area contributed by atoms with Gasteiger partial charge in [0.2, 0.25) is 0 Å². The van der Waals surface area contributed by atoms with Crippen molar-refractivity contribution in [3.05, 3.63) is 23.7 Å². The van der Waals surface area contributed by atoms with E-state index in [0.717, 1.165) is 37.1 Å². The summed E-state index contributed by atoms with van der Waals surface area (Å²) >= 11 is 0. The van der Waals surface area contributed by atoms with E-state index >= 15 is 0 Å². The Kier molecular flexibility index (Phi) is 4.15. The first-order valence-electron chi connectivity index (χ1n) is 8.14. The van der Waals surface area contributed by atoms with Gasteiger partial charge in [-0.15, -0.1) is 0 Å². The minimum absolute atomic E-state index is 0.00289. The number of rotatable bonds is 3. The quantitative estimate of drug-likeness (QED) is 0.871. The fourth-order valence-electron chi connectivity index (χ4n) is 2.79. The van der Waals surface area contributed by atoms with Crippen LogP contribution >= 0.6 is 0 Å². The molecule has 0 unspecified atom stereocenters. The molecule has 0 aromatic carbocycles. The Morgan fingerprint density at radius 2 is 1.96 bits per heavy atom. The van der Waals surface area contributed by atoms with Crippen LogP contribution in [0, 0.1) is 6.92 Å². The zero-order valence-corrected chi connectivity index (χ0v) is 14.2. The number of hydrogen-bond donors (Lipinski definition) is 0. The van der Waals surface area contributed by atoms with Gasteiger partial charge in [-0.25, -0.2) is 15.0 Å². The molecule has 122 valence electrons. The lowest BCUT2D eigenvalue weighted by Crippen LogP contribution is -2.34. The highest BCUT2D eigenvalue weighted by molar-refractivity contribution is 6.02. The van der Waals surface area contributed by atoms with Crippen LogP contribution in [0.3, 0.4) is 0 Å². The Morgan fingerprint density at radius 3 is 2.61 bits per heavy atom. The number of nitrogens with zero attached hydrogens (tertiary/aromatic N) is 5. The van der Waals surface area contributed by atoms with Crippen LogP contribution in [0.15, 0.2) is 12.3 Å². The molecule has 2 aromatic heterocycles. The topological polar surface area (TPSA) is 62.2 Å². The lowest BCUT2D eigenvalue weighted by molar-refractivity contribution is 0.0755. The molecular weight excluding hydrogens is 290 g/mol. The maximum atomic E-state index is 12.9. The van der Waals surface area contributed by atoms with Crippen molar-refractivity contribution >= 4 is 22.8 Å². The molecule has 3 rings (SSSR count). The highest BCUT2D eigenvalue weighted by Gasteiger charge is 2.25. The normalized spacial score (nSPS) is 14.7. The average molecular weight is 313 g/mol. The first kappa shape index (κ1) is 15.6. The zero-order valence-electron chi connectivity index (χ0n) is 14.2. The van der Waals surface area contributed by atoms with Gasteiger partial charge in [0, 0.05) is 37.8 Å². The molecule has 1 aliphatic heterocycles. The molecule has 1 aliphatic rings. The van der Waals surface area contributed by atoms with Gasteiger partial charge >= 0.3 is 0 Å². The van der Waals surface area contributed by atoms with Crippen molar-refractivity contribution in [2.75, 3.05) is 25.0 Å². The highest BCUT2D eigenvalue weighted by atomic mass is 16.2. The van der Waals surface area contributed by atoms with E-state index < -0.39 is 0 Å². The molecule has 23 heavy (non-hydrogen) atoms. The maximum Gasteiger partial charge on any atom is 0.257 e. The number of anilines is 1. The van der Waals surface area contributed by atoms with Gasteiger partial charge in [-0.2, -0.15) is 0 Å². The Labute approximate surface area is 136 Å². The molecule has 0 radical (unpaired) electrons. The minimum atomic E-state index is -0.00289. The molecule has 0 N–H and O–H groups in total. The van der Waals surface area contributed by atoms with Crippen molar-refractivity contribution in [2.24, 2.45) is 0 Å². The summed E-state index contributed by atoms with van der Waals surface area (Å²) in [6, 6.07) is 2.02. The van der Waals surface area contributed by atoms with Gasteiger partial charge in [0.25, 0.3) is 5.91 Å². The zero-order chi connectivity index (χ0) is 16.6. The second-order valence-electron chi connectivity index (χ2n) is 6.39. The van der Waals surface area contributed by atoms with Crippen molar-refractivity contribution in [3.8, 4) is 0 Å². The van der Waals surface area contributed by atoms with E-state index in [4.69, 9.17) is 4.98 Å². The smallest absolute Gasteiger partial charge is 0.257 e. The van der Waals surface area contributed by atoms with Crippen molar-refractivity contribution in [1.82, 2.24) is 19.9 Å². The van der Waals surface area contributed by atoms with Crippen LogP contribution in [0.4, 0.5) is 5.82 Å². The molecule has 3 heterocycles. The predicted molar refractivity (Wildman–Crippen MR) is 90.7 cm³/mol. The van der Waals surface area contributed by atoms with E-state index in [9.17, 15) is 4.79 Å². The number of aryl methyl sites for hydroxylation is 1. The van der Waals surface area contributed by atoms with Crippen LogP contribution in [0.25, 0.3) is 11.0 Å². The number of hydrogen-bond acceptors (Lipinski definition) is 5. The van der Waals surface area contributed by atoms with Gasteiger partial charge in [0.1, 0.15) is 11.6 Å². The van der Waals surface area contributed by atoms with Gasteiger partial charge in [-0.1, -0.05) is 0 Å². The van der Waals surface area contributed by atoms with Gasteiger partial charge in [-0.3, -0.25) is 4.79 Å². The molecule has 1 amide bonds. The van der Waals surface area contributed by atoms with Crippen LogP contribution in [-0.2, 0) is 0 Å². The fourth-order valence-corrected chi connectivity index (χ4v) is 2.79. The monoisotopic (exact) mass is 313 g/mol. The molecule has 0 bridgehead atoms. The first-order valence-corrected chi connectivity index (χ1v) is 8.14. The third kappa shape index (κ3) is 2.98. The third-order valence-corrected chi connectivity index (χ3v) is 4.40. The van der Waals surface area contributed by atoms with Crippen LogP contribution in [0.2, 0.25) is 0 Å². The first-order chi connectivity index (χ1) is 11.0. The third-order valence-electron chi connectivity index (χ3n) is 4.40. The van der Waals surface area contributed by atoms with Gasteiger partial charge in [0.05, 0.1) is 5.56 Å². The van der Waals surface area contributed by atoms with Gasteiger partial charge in [-0.05, 0) is 39.7 Å². The molecule has 6 heteroatoms. The van der Waals surface area contributed by atoms with Gasteiger partial charge in [0.15, 0.2) is 5.65 Å². The summed E-state index contributed by atoms with van der Waals surface area (Å²) in [5, 5.41) is 0.805.